The van der Waals surface area contributed by atoms with E-state index >= 15 is 0 Å². The first-order chi connectivity index (χ1) is 16.7. The van der Waals surface area contributed by atoms with E-state index < -0.39 is 5.56 Å². The van der Waals surface area contributed by atoms with Crippen molar-refractivity contribution in [1.82, 2.24) is 19.9 Å². The predicted molar refractivity (Wildman–Crippen MR) is 138 cm³/mol. The van der Waals surface area contributed by atoms with Gasteiger partial charge in [-0.3, -0.25) is 14.2 Å². The van der Waals surface area contributed by atoms with Crippen molar-refractivity contribution in [3.63, 3.8) is 0 Å². The summed E-state index contributed by atoms with van der Waals surface area (Å²) in [5.74, 6) is -0.00879. The van der Waals surface area contributed by atoms with Crippen LogP contribution >= 0.6 is 23.2 Å². The van der Waals surface area contributed by atoms with Crippen LogP contribution in [0, 0.1) is 0 Å². The van der Waals surface area contributed by atoms with Gasteiger partial charge in [0, 0.05) is 33.6 Å². The maximum Gasteiger partial charge on any atom is 0.280 e. The van der Waals surface area contributed by atoms with Crippen molar-refractivity contribution in [1.29, 1.82) is 0 Å². The van der Waals surface area contributed by atoms with Gasteiger partial charge in [-0.1, -0.05) is 35.3 Å². The van der Waals surface area contributed by atoms with Gasteiger partial charge in [-0.15, -0.1) is 0 Å². The highest BCUT2D eigenvalue weighted by atomic mass is 35.5. The second kappa shape index (κ2) is 10.4. The van der Waals surface area contributed by atoms with E-state index in [1.807, 2.05) is 13.8 Å². The summed E-state index contributed by atoms with van der Waals surface area (Å²) in [5.41, 5.74) is 2.54. The highest BCUT2D eigenvalue weighted by Gasteiger charge is 2.18. The number of rotatable bonds is 7. The Balaban J connectivity index is 1.90. The lowest BCUT2D eigenvalue weighted by Gasteiger charge is -2.15. The Kier molecular flexibility index (Phi) is 7.28. The Hall–Kier alpha value is -3.55. The van der Waals surface area contributed by atoms with E-state index in [9.17, 15) is 14.4 Å². The number of carbonyl (C=O) groups excluding carboxylic acids is 2. The number of amides is 1. The standard InChI is InChI=1S/C26H22Cl2N4O3/c1-15(2)29-23(34)14-32-25(17-4-3-5-19(27)12-17)31-22-7-6-21(30-24(22)26(32)35)18-10-16(8-9-33)11-20(28)13-18/h3-7,9-13,15H,8,14H2,1-2H3,(H,29,34). The largest absolute Gasteiger partial charge is 0.352 e. The van der Waals surface area contributed by atoms with Crippen LogP contribution in [0.15, 0.2) is 59.4 Å². The van der Waals surface area contributed by atoms with Crippen LogP contribution in [0.5, 0.6) is 0 Å². The number of benzene rings is 2. The van der Waals surface area contributed by atoms with Crippen LogP contribution in [0.1, 0.15) is 19.4 Å². The molecule has 0 aliphatic carbocycles. The monoisotopic (exact) mass is 508 g/mol. The van der Waals surface area contributed by atoms with Gasteiger partial charge in [-0.2, -0.15) is 0 Å². The number of aldehydes is 1. The van der Waals surface area contributed by atoms with E-state index in [-0.39, 0.29) is 30.4 Å². The first-order valence-corrected chi connectivity index (χ1v) is 11.7. The van der Waals surface area contributed by atoms with Crippen LogP contribution in [0.2, 0.25) is 10.0 Å². The molecule has 0 saturated carbocycles. The second-order valence-corrected chi connectivity index (χ2v) is 9.22. The third-order valence-corrected chi connectivity index (χ3v) is 5.66. The smallest absolute Gasteiger partial charge is 0.280 e. The van der Waals surface area contributed by atoms with Crippen molar-refractivity contribution in [2.75, 3.05) is 0 Å². The van der Waals surface area contributed by atoms with Crippen molar-refractivity contribution in [3.8, 4) is 22.6 Å². The Bertz CT molecular complexity index is 1500. The van der Waals surface area contributed by atoms with E-state index in [1.54, 1.807) is 54.6 Å². The number of hydrogen-bond acceptors (Lipinski definition) is 5. The number of pyridine rings is 1. The summed E-state index contributed by atoms with van der Waals surface area (Å²) in [6.45, 7) is 3.46. The maximum atomic E-state index is 13.6. The van der Waals surface area contributed by atoms with Gasteiger partial charge >= 0.3 is 0 Å². The Morgan fingerprint density at radius 3 is 2.51 bits per heavy atom. The maximum absolute atomic E-state index is 13.6. The minimum Gasteiger partial charge on any atom is -0.352 e. The molecule has 4 aromatic rings. The quantitative estimate of drug-likeness (QED) is 0.365. The lowest BCUT2D eigenvalue weighted by molar-refractivity contribution is -0.122. The highest BCUT2D eigenvalue weighted by Crippen LogP contribution is 2.26. The summed E-state index contributed by atoms with van der Waals surface area (Å²) in [7, 11) is 0. The summed E-state index contributed by atoms with van der Waals surface area (Å²) < 4.78 is 1.30. The average Bonchev–Trinajstić information content (AvgIpc) is 2.80. The van der Waals surface area contributed by atoms with Gasteiger partial charge in [-0.05, 0) is 61.9 Å². The van der Waals surface area contributed by atoms with Crippen LogP contribution < -0.4 is 10.9 Å². The van der Waals surface area contributed by atoms with E-state index in [1.165, 1.54) is 4.57 Å². The molecule has 2 aromatic carbocycles. The Labute approximate surface area is 211 Å². The van der Waals surface area contributed by atoms with Gasteiger partial charge in [0.2, 0.25) is 5.91 Å². The topological polar surface area (TPSA) is 93.9 Å². The molecule has 0 radical (unpaired) electrons. The average molecular weight is 509 g/mol. The van der Waals surface area contributed by atoms with Crippen LogP contribution in [-0.4, -0.2) is 32.8 Å². The summed E-state index contributed by atoms with van der Waals surface area (Å²) >= 11 is 12.4. The third-order valence-electron chi connectivity index (χ3n) is 5.21. The summed E-state index contributed by atoms with van der Waals surface area (Å²) in [6.07, 6.45) is 1.01. The van der Waals surface area contributed by atoms with Crippen molar-refractivity contribution >= 4 is 46.4 Å². The van der Waals surface area contributed by atoms with Gasteiger partial charge in [0.1, 0.15) is 18.7 Å². The first-order valence-electron chi connectivity index (χ1n) is 11.0. The Morgan fingerprint density at radius 2 is 1.80 bits per heavy atom. The molecule has 2 aromatic heterocycles. The van der Waals surface area contributed by atoms with Crippen LogP contribution in [-0.2, 0) is 22.6 Å². The molecule has 1 N–H and O–H groups in total. The normalized spacial score (nSPS) is 11.1. The molecule has 4 rings (SSSR count). The fraction of sp³-hybridized carbons (Fsp3) is 0.192. The number of halogens is 2. The lowest BCUT2D eigenvalue weighted by atomic mass is 10.1. The zero-order chi connectivity index (χ0) is 25.1. The lowest BCUT2D eigenvalue weighted by Crippen LogP contribution is -2.37. The molecule has 0 saturated heterocycles. The molecule has 0 fully saturated rings. The van der Waals surface area contributed by atoms with E-state index in [4.69, 9.17) is 23.2 Å². The van der Waals surface area contributed by atoms with Gasteiger partial charge in [0.15, 0.2) is 5.52 Å². The number of nitrogens with zero attached hydrogens (tertiary/aromatic N) is 3. The first kappa shape index (κ1) is 24.6. The zero-order valence-electron chi connectivity index (χ0n) is 19.1. The minimum atomic E-state index is -0.458. The molecule has 2 heterocycles. The molecule has 7 nitrogen and oxygen atoms in total. The van der Waals surface area contributed by atoms with Crippen LogP contribution in [0.25, 0.3) is 33.7 Å². The van der Waals surface area contributed by atoms with E-state index in [0.29, 0.717) is 38.2 Å². The van der Waals surface area contributed by atoms with Crippen LogP contribution in [0.3, 0.4) is 0 Å². The summed E-state index contributed by atoms with van der Waals surface area (Å²) in [5, 5.41) is 3.74. The van der Waals surface area contributed by atoms with Gasteiger partial charge in [0.05, 0.1) is 11.2 Å². The molecule has 35 heavy (non-hydrogen) atoms. The van der Waals surface area contributed by atoms with Crippen molar-refractivity contribution in [3.05, 3.63) is 80.6 Å². The van der Waals surface area contributed by atoms with Gasteiger partial charge < -0.3 is 10.1 Å². The molecule has 0 aliphatic heterocycles. The molecule has 0 bridgehead atoms. The SMILES string of the molecule is CC(C)NC(=O)Cn1c(-c2cccc(Cl)c2)nc2ccc(-c3cc(Cl)cc(CC=O)c3)nc2c1=O. The molecule has 0 unspecified atom stereocenters. The molecule has 9 heteroatoms. The zero-order valence-corrected chi connectivity index (χ0v) is 20.6. The summed E-state index contributed by atoms with van der Waals surface area (Å²) in [4.78, 5) is 46.4. The number of nitrogens with one attached hydrogen (secondary N) is 1. The number of carbonyl (C=O) groups is 2. The molecule has 0 aliphatic rings. The summed E-state index contributed by atoms with van der Waals surface area (Å²) in [6, 6.07) is 15.5. The molecule has 0 spiro atoms. The third kappa shape index (κ3) is 5.58. The highest BCUT2D eigenvalue weighted by molar-refractivity contribution is 6.31. The molecule has 0 atom stereocenters. The fourth-order valence-corrected chi connectivity index (χ4v) is 4.22. The molecular weight excluding hydrogens is 487 g/mol. The van der Waals surface area contributed by atoms with E-state index in [2.05, 4.69) is 15.3 Å². The number of hydrogen-bond donors (Lipinski definition) is 1. The predicted octanol–water partition coefficient (Wildman–Crippen LogP) is 4.70. The minimum absolute atomic E-state index is 0.0886. The van der Waals surface area contributed by atoms with Crippen LogP contribution in [0.4, 0.5) is 0 Å². The second-order valence-electron chi connectivity index (χ2n) is 8.34. The Morgan fingerprint density at radius 1 is 1.03 bits per heavy atom. The van der Waals surface area contributed by atoms with E-state index in [0.717, 1.165) is 11.8 Å². The van der Waals surface area contributed by atoms with Crippen molar-refractivity contribution in [2.45, 2.75) is 32.9 Å². The van der Waals surface area contributed by atoms with Crippen molar-refractivity contribution < 1.29 is 9.59 Å². The van der Waals surface area contributed by atoms with Crippen molar-refractivity contribution in [2.24, 2.45) is 0 Å². The molecule has 178 valence electrons. The molecule has 1 amide bonds. The number of fused-ring (bicyclic) bond motifs is 1. The van der Waals surface area contributed by atoms with Gasteiger partial charge in [0.25, 0.3) is 5.56 Å². The molecular formula is C26H22Cl2N4O3. The fourth-order valence-electron chi connectivity index (χ4n) is 3.78. The number of aromatic nitrogens is 3. The van der Waals surface area contributed by atoms with Gasteiger partial charge in [-0.25, -0.2) is 9.97 Å².